The minimum Gasteiger partial charge on any atom is -0.497 e. The van der Waals surface area contributed by atoms with Crippen LogP contribution in [-0.4, -0.2) is 7.11 Å². The fourth-order valence-electron chi connectivity index (χ4n) is 1.55. The molecule has 0 saturated carbocycles. The van der Waals surface area contributed by atoms with E-state index in [-0.39, 0.29) is 5.69 Å². The standard InChI is InChI=1S/C13H12BrFN2O/c1-18-10-6-8(14)5-9(7-10)17-12-4-2-3-11(15)13(12)16/h2-7,17H,16H2,1H3. The lowest BCUT2D eigenvalue weighted by molar-refractivity contribution is 0.415. The van der Waals surface area contributed by atoms with E-state index in [2.05, 4.69) is 21.2 Å². The van der Waals surface area contributed by atoms with Gasteiger partial charge in [-0.2, -0.15) is 0 Å². The normalized spacial score (nSPS) is 10.2. The Hall–Kier alpha value is -1.75. The number of nitrogens with two attached hydrogens (primary N) is 1. The van der Waals surface area contributed by atoms with Gasteiger partial charge in [-0.3, -0.25) is 0 Å². The van der Waals surface area contributed by atoms with E-state index < -0.39 is 5.82 Å². The molecule has 0 aliphatic carbocycles. The zero-order chi connectivity index (χ0) is 13.1. The van der Waals surface area contributed by atoms with Gasteiger partial charge in [-0.05, 0) is 24.3 Å². The summed E-state index contributed by atoms with van der Waals surface area (Å²) in [6.45, 7) is 0. The number of hydrogen-bond donors (Lipinski definition) is 2. The summed E-state index contributed by atoms with van der Waals surface area (Å²) in [5.41, 5.74) is 7.04. The van der Waals surface area contributed by atoms with E-state index in [1.807, 2.05) is 12.1 Å². The molecular weight excluding hydrogens is 299 g/mol. The van der Waals surface area contributed by atoms with Gasteiger partial charge >= 0.3 is 0 Å². The van der Waals surface area contributed by atoms with Crippen LogP contribution in [0.5, 0.6) is 5.75 Å². The van der Waals surface area contributed by atoms with Crippen LogP contribution in [0.2, 0.25) is 0 Å². The molecule has 5 heteroatoms. The molecule has 0 aliphatic heterocycles. The van der Waals surface area contributed by atoms with Crippen LogP contribution in [-0.2, 0) is 0 Å². The summed E-state index contributed by atoms with van der Waals surface area (Å²) < 4.78 is 19.3. The predicted molar refractivity (Wildman–Crippen MR) is 74.8 cm³/mol. The molecule has 94 valence electrons. The van der Waals surface area contributed by atoms with Gasteiger partial charge in [-0.15, -0.1) is 0 Å². The Labute approximate surface area is 113 Å². The van der Waals surface area contributed by atoms with Crippen molar-refractivity contribution in [3.8, 4) is 5.75 Å². The minimum absolute atomic E-state index is 0.0939. The summed E-state index contributed by atoms with van der Waals surface area (Å²) in [6.07, 6.45) is 0. The van der Waals surface area contributed by atoms with Crippen molar-refractivity contribution in [2.45, 2.75) is 0 Å². The second-order valence-corrected chi connectivity index (χ2v) is 4.62. The van der Waals surface area contributed by atoms with E-state index in [1.165, 1.54) is 6.07 Å². The fourth-order valence-corrected chi connectivity index (χ4v) is 2.03. The Kier molecular flexibility index (Phi) is 3.72. The lowest BCUT2D eigenvalue weighted by Crippen LogP contribution is -1.99. The number of benzene rings is 2. The fraction of sp³-hybridized carbons (Fsp3) is 0.0769. The first-order valence-corrected chi connectivity index (χ1v) is 6.05. The first kappa shape index (κ1) is 12.7. The van der Waals surface area contributed by atoms with Gasteiger partial charge in [0.2, 0.25) is 0 Å². The highest BCUT2D eigenvalue weighted by Crippen LogP contribution is 2.29. The molecule has 0 amide bonds. The van der Waals surface area contributed by atoms with Crippen molar-refractivity contribution in [1.82, 2.24) is 0 Å². The Morgan fingerprint density at radius 2 is 2.06 bits per heavy atom. The van der Waals surface area contributed by atoms with Crippen LogP contribution >= 0.6 is 15.9 Å². The van der Waals surface area contributed by atoms with Gasteiger partial charge in [0.1, 0.15) is 11.6 Å². The van der Waals surface area contributed by atoms with E-state index in [9.17, 15) is 4.39 Å². The number of hydrogen-bond acceptors (Lipinski definition) is 3. The van der Waals surface area contributed by atoms with Crippen LogP contribution < -0.4 is 15.8 Å². The highest BCUT2D eigenvalue weighted by Gasteiger charge is 2.06. The molecule has 0 unspecified atom stereocenters. The lowest BCUT2D eigenvalue weighted by atomic mass is 10.2. The second kappa shape index (κ2) is 5.27. The topological polar surface area (TPSA) is 47.3 Å². The first-order chi connectivity index (χ1) is 8.60. The average Bonchev–Trinajstić information content (AvgIpc) is 2.34. The van der Waals surface area contributed by atoms with Gasteiger partial charge in [0, 0.05) is 16.2 Å². The molecule has 0 heterocycles. The monoisotopic (exact) mass is 310 g/mol. The maximum atomic E-state index is 13.3. The number of nitrogens with one attached hydrogen (secondary N) is 1. The summed E-state index contributed by atoms with van der Waals surface area (Å²) in [5.74, 6) is 0.254. The molecule has 2 aromatic rings. The maximum Gasteiger partial charge on any atom is 0.148 e. The average molecular weight is 311 g/mol. The SMILES string of the molecule is COc1cc(Br)cc(Nc2cccc(F)c2N)c1. The van der Waals surface area contributed by atoms with E-state index in [4.69, 9.17) is 10.5 Å². The molecule has 3 nitrogen and oxygen atoms in total. The zero-order valence-electron chi connectivity index (χ0n) is 9.71. The van der Waals surface area contributed by atoms with Crippen molar-refractivity contribution in [1.29, 1.82) is 0 Å². The lowest BCUT2D eigenvalue weighted by Gasteiger charge is -2.11. The number of ether oxygens (including phenoxy) is 1. The third kappa shape index (κ3) is 2.73. The molecule has 0 bridgehead atoms. The summed E-state index contributed by atoms with van der Waals surface area (Å²) in [7, 11) is 1.59. The number of methoxy groups -OCH3 is 1. The number of nitrogen functional groups attached to an aromatic ring is 1. The van der Waals surface area contributed by atoms with Crippen LogP contribution in [0, 0.1) is 5.82 Å². The predicted octanol–water partition coefficient (Wildman–Crippen LogP) is 3.92. The van der Waals surface area contributed by atoms with Gasteiger partial charge in [0.15, 0.2) is 0 Å². The molecule has 0 aromatic heterocycles. The van der Waals surface area contributed by atoms with Gasteiger partial charge in [-0.1, -0.05) is 22.0 Å². The molecule has 0 spiro atoms. The number of anilines is 3. The summed E-state index contributed by atoms with van der Waals surface area (Å²) >= 11 is 3.37. The molecule has 2 aromatic carbocycles. The maximum absolute atomic E-state index is 13.3. The Morgan fingerprint density at radius 1 is 1.28 bits per heavy atom. The largest absolute Gasteiger partial charge is 0.497 e. The Bertz CT molecular complexity index is 575. The van der Waals surface area contributed by atoms with Crippen LogP contribution in [0.3, 0.4) is 0 Å². The van der Waals surface area contributed by atoms with Crippen LogP contribution in [0.4, 0.5) is 21.5 Å². The van der Waals surface area contributed by atoms with Gasteiger partial charge in [0.05, 0.1) is 18.5 Å². The van der Waals surface area contributed by atoms with Gasteiger partial charge < -0.3 is 15.8 Å². The zero-order valence-corrected chi connectivity index (χ0v) is 11.3. The van der Waals surface area contributed by atoms with E-state index >= 15 is 0 Å². The summed E-state index contributed by atoms with van der Waals surface area (Å²) in [6, 6.07) is 10.1. The molecule has 18 heavy (non-hydrogen) atoms. The Balaban J connectivity index is 2.34. The summed E-state index contributed by atoms with van der Waals surface area (Å²) in [4.78, 5) is 0. The Morgan fingerprint density at radius 3 is 2.78 bits per heavy atom. The van der Waals surface area contributed by atoms with Gasteiger partial charge in [-0.25, -0.2) is 4.39 Å². The highest BCUT2D eigenvalue weighted by molar-refractivity contribution is 9.10. The van der Waals surface area contributed by atoms with Gasteiger partial charge in [0.25, 0.3) is 0 Å². The van der Waals surface area contributed by atoms with Crippen molar-refractivity contribution < 1.29 is 9.13 Å². The van der Waals surface area contributed by atoms with Crippen LogP contribution in [0.25, 0.3) is 0 Å². The quantitative estimate of drug-likeness (QED) is 0.845. The highest BCUT2D eigenvalue weighted by atomic mass is 79.9. The van der Waals surface area contributed by atoms with Crippen molar-refractivity contribution in [2.75, 3.05) is 18.2 Å². The molecular formula is C13H12BrFN2O. The molecule has 0 saturated heterocycles. The van der Waals surface area contributed by atoms with Crippen LogP contribution in [0.1, 0.15) is 0 Å². The molecule has 3 N–H and O–H groups in total. The van der Waals surface area contributed by atoms with Crippen molar-refractivity contribution in [3.63, 3.8) is 0 Å². The van der Waals surface area contributed by atoms with Crippen molar-refractivity contribution in [2.24, 2.45) is 0 Å². The number of halogens is 2. The molecule has 0 atom stereocenters. The molecule has 2 rings (SSSR count). The summed E-state index contributed by atoms with van der Waals surface area (Å²) in [5, 5.41) is 3.05. The van der Waals surface area contributed by atoms with Crippen LogP contribution in [0.15, 0.2) is 40.9 Å². The minimum atomic E-state index is -0.443. The molecule has 0 fully saturated rings. The third-order valence-corrected chi connectivity index (χ3v) is 2.90. The second-order valence-electron chi connectivity index (χ2n) is 3.71. The molecule has 0 radical (unpaired) electrons. The van der Waals surface area contributed by atoms with Crippen molar-refractivity contribution >= 4 is 33.0 Å². The first-order valence-electron chi connectivity index (χ1n) is 5.26. The van der Waals surface area contributed by atoms with Crippen molar-refractivity contribution in [3.05, 3.63) is 46.7 Å². The number of para-hydroxylation sites is 1. The third-order valence-electron chi connectivity index (χ3n) is 2.44. The van der Waals surface area contributed by atoms with E-state index in [0.29, 0.717) is 11.4 Å². The van der Waals surface area contributed by atoms with E-state index in [0.717, 1.165) is 10.2 Å². The smallest absolute Gasteiger partial charge is 0.148 e. The van der Waals surface area contributed by atoms with E-state index in [1.54, 1.807) is 25.3 Å². The number of rotatable bonds is 3. The molecule has 0 aliphatic rings.